The fourth-order valence-electron chi connectivity index (χ4n) is 1.36. The highest BCUT2D eigenvalue weighted by molar-refractivity contribution is 5.93. The molecule has 2 rings (SSSR count). The molecule has 4 nitrogen and oxygen atoms in total. The molecule has 1 aromatic rings. The van der Waals surface area contributed by atoms with E-state index in [0.29, 0.717) is 0 Å². The van der Waals surface area contributed by atoms with Crippen LogP contribution in [0.5, 0.6) is 0 Å². The molecule has 67 valence electrons. The number of rotatable bonds is 1. The maximum absolute atomic E-state index is 11.5. The zero-order valence-electron chi connectivity index (χ0n) is 7.40. The van der Waals surface area contributed by atoms with Crippen molar-refractivity contribution >= 4 is 11.7 Å². The quantitative estimate of drug-likeness (QED) is 0.633. The lowest BCUT2D eigenvalue weighted by Crippen LogP contribution is -2.29. The zero-order chi connectivity index (χ0) is 9.26. The number of likely N-dealkylation sites (N-methyl/N-ethyl adjacent to an activating group) is 1. The average Bonchev–Trinajstić information content (AvgIpc) is 2.49. The van der Waals surface area contributed by atoms with Crippen molar-refractivity contribution in [3.8, 4) is 0 Å². The van der Waals surface area contributed by atoms with E-state index < -0.39 is 0 Å². The molecule has 1 aliphatic rings. The van der Waals surface area contributed by atoms with E-state index in [-0.39, 0.29) is 6.03 Å². The molecule has 4 heteroatoms. The summed E-state index contributed by atoms with van der Waals surface area (Å²) in [6.07, 6.45) is 4.33. The Morgan fingerprint density at radius 2 is 2.38 bits per heavy atom. The third-order valence-corrected chi connectivity index (χ3v) is 2.13. The van der Waals surface area contributed by atoms with Crippen LogP contribution < -0.4 is 4.90 Å². The van der Waals surface area contributed by atoms with Crippen LogP contribution in [-0.2, 0) is 0 Å². The van der Waals surface area contributed by atoms with Gasteiger partial charge in [-0.2, -0.15) is 0 Å². The van der Waals surface area contributed by atoms with Gasteiger partial charge in [-0.05, 0) is 12.1 Å². The van der Waals surface area contributed by atoms with Gasteiger partial charge in [-0.25, -0.2) is 4.79 Å². The van der Waals surface area contributed by atoms with Gasteiger partial charge in [0.05, 0.1) is 18.1 Å². The molecule has 2 amide bonds. The van der Waals surface area contributed by atoms with E-state index >= 15 is 0 Å². The molecule has 0 aliphatic carbocycles. The number of aromatic nitrogens is 1. The van der Waals surface area contributed by atoms with Gasteiger partial charge in [0, 0.05) is 20.1 Å². The minimum absolute atomic E-state index is 0.0352. The first-order valence-corrected chi connectivity index (χ1v) is 4.14. The molecule has 13 heavy (non-hydrogen) atoms. The highest BCUT2D eigenvalue weighted by Gasteiger charge is 2.26. The smallest absolute Gasteiger partial charge is 0.324 e. The molecule has 1 aromatic heterocycles. The molecule has 0 aromatic carbocycles. The van der Waals surface area contributed by atoms with Crippen molar-refractivity contribution in [1.82, 2.24) is 9.88 Å². The lowest BCUT2D eigenvalue weighted by atomic mass is 10.4. The zero-order valence-corrected chi connectivity index (χ0v) is 7.40. The average molecular weight is 176 g/mol. The number of carbonyl (C=O) groups excluding carboxylic acids is 1. The number of pyridine rings is 1. The van der Waals surface area contributed by atoms with Crippen molar-refractivity contribution in [3.63, 3.8) is 0 Å². The lowest BCUT2D eigenvalue weighted by molar-refractivity contribution is 0.229. The summed E-state index contributed by atoms with van der Waals surface area (Å²) in [5, 5.41) is 0. The second-order valence-corrected chi connectivity index (χ2v) is 3.00. The number of hydrogen-bond donors (Lipinski definition) is 0. The van der Waals surface area contributed by atoms with Crippen molar-refractivity contribution in [2.75, 3.05) is 25.0 Å². The molecule has 1 fully saturated rings. The summed E-state index contributed by atoms with van der Waals surface area (Å²) >= 11 is 0. The molecular formula is C9H10N3O. The van der Waals surface area contributed by atoms with Crippen LogP contribution in [0.4, 0.5) is 10.5 Å². The molecule has 1 radical (unpaired) electrons. The van der Waals surface area contributed by atoms with E-state index in [1.807, 2.05) is 6.07 Å². The summed E-state index contributed by atoms with van der Waals surface area (Å²) in [6.45, 7) is 1.51. The maximum atomic E-state index is 11.5. The standard InChI is InChI=1S/C9H10N3O/c1-11-5-6-12(9(11)13)8-3-2-4-10-7-8/h2-3,7H,5-6H2,1H3. The fraction of sp³-hybridized carbons (Fsp3) is 0.333. The van der Waals surface area contributed by atoms with E-state index in [2.05, 4.69) is 11.2 Å². The largest absolute Gasteiger partial charge is 0.326 e. The topological polar surface area (TPSA) is 36.4 Å². The molecule has 2 heterocycles. The van der Waals surface area contributed by atoms with Gasteiger partial charge in [0.25, 0.3) is 0 Å². The third kappa shape index (κ3) is 1.35. The predicted octanol–water partition coefficient (Wildman–Crippen LogP) is 0.754. The Kier molecular flexibility index (Phi) is 1.88. The van der Waals surface area contributed by atoms with Crippen LogP contribution in [0.3, 0.4) is 0 Å². The van der Waals surface area contributed by atoms with Gasteiger partial charge >= 0.3 is 6.03 Å². The monoisotopic (exact) mass is 176 g/mol. The number of amides is 2. The first-order chi connectivity index (χ1) is 6.29. The van der Waals surface area contributed by atoms with Crippen molar-refractivity contribution < 1.29 is 4.79 Å². The van der Waals surface area contributed by atoms with Gasteiger partial charge < -0.3 is 4.90 Å². The number of hydrogen-bond acceptors (Lipinski definition) is 2. The summed E-state index contributed by atoms with van der Waals surface area (Å²) < 4.78 is 0. The molecule has 0 bridgehead atoms. The Labute approximate surface area is 76.8 Å². The first kappa shape index (κ1) is 8.04. The van der Waals surface area contributed by atoms with Gasteiger partial charge in [0.15, 0.2) is 0 Å². The highest BCUT2D eigenvalue weighted by Crippen LogP contribution is 2.16. The Morgan fingerprint density at radius 3 is 2.92 bits per heavy atom. The lowest BCUT2D eigenvalue weighted by Gasteiger charge is -2.14. The molecular weight excluding hydrogens is 166 g/mol. The summed E-state index contributed by atoms with van der Waals surface area (Å²) in [4.78, 5) is 18.8. The predicted molar refractivity (Wildman–Crippen MR) is 48.4 cm³/mol. The second-order valence-electron chi connectivity index (χ2n) is 3.00. The van der Waals surface area contributed by atoms with E-state index in [0.717, 1.165) is 18.8 Å². The highest BCUT2D eigenvalue weighted by atomic mass is 16.2. The van der Waals surface area contributed by atoms with Crippen molar-refractivity contribution in [2.24, 2.45) is 0 Å². The SMILES string of the molecule is CN1CCN(c2cc[c]nc2)C1=O. The van der Waals surface area contributed by atoms with Crippen LogP contribution in [0, 0.1) is 6.20 Å². The van der Waals surface area contributed by atoms with Crippen LogP contribution >= 0.6 is 0 Å². The molecule has 0 spiro atoms. The molecule has 1 saturated heterocycles. The summed E-state index contributed by atoms with van der Waals surface area (Å²) in [6, 6.07) is 3.58. The van der Waals surface area contributed by atoms with E-state index in [4.69, 9.17) is 0 Å². The Balaban J connectivity index is 2.24. The number of carbonyl (C=O) groups is 1. The fourth-order valence-corrected chi connectivity index (χ4v) is 1.36. The van der Waals surface area contributed by atoms with Crippen LogP contribution in [0.15, 0.2) is 18.3 Å². The van der Waals surface area contributed by atoms with Gasteiger partial charge in [0.2, 0.25) is 0 Å². The molecule has 0 atom stereocenters. The molecule has 0 saturated carbocycles. The molecule has 1 aliphatic heterocycles. The Morgan fingerprint density at radius 1 is 1.54 bits per heavy atom. The summed E-state index contributed by atoms with van der Waals surface area (Å²) in [7, 11) is 1.80. The first-order valence-electron chi connectivity index (χ1n) is 4.14. The normalized spacial score (nSPS) is 16.8. The third-order valence-electron chi connectivity index (χ3n) is 2.13. The second kappa shape index (κ2) is 3.05. The van der Waals surface area contributed by atoms with E-state index in [1.165, 1.54) is 0 Å². The van der Waals surface area contributed by atoms with Crippen LogP contribution in [0.2, 0.25) is 0 Å². The molecule has 0 N–H and O–H groups in total. The summed E-state index contributed by atoms with van der Waals surface area (Å²) in [5.41, 5.74) is 0.841. The van der Waals surface area contributed by atoms with Gasteiger partial charge in [-0.15, -0.1) is 0 Å². The van der Waals surface area contributed by atoms with E-state index in [9.17, 15) is 4.79 Å². The van der Waals surface area contributed by atoms with Crippen molar-refractivity contribution in [3.05, 3.63) is 24.5 Å². The van der Waals surface area contributed by atoms with Crippen LogP contribution in [0.25, 0.3) is 0 Å². The summed E-state index contributed by atoms with van der Waals surface area (Å²) in [5.74, 6) is 0. The van der Waals surface area contributed by atoms with Crippen molar-refractivity contribution in [1.29, 1.82) is 0 Å². The van der Waals surface area contributed by atoms with Crippen LogP contribution in [0.1, 0.15) is 0 Å². The van der Waals surface area contributed by atoms with Crippen molar-refractivity contribution in [2.45, 2.75) is 0 Å². The van der Waals surface area contributed by atoms with Gasteiger partial charge in [0.1, 0.15) is 0 Å². The Hall–Kier alpha value is -1.58. The minimum Gasteiger partial charge on any atom is -0.326 e. The number of urea groups is 1. The van der Waals surface area contributed by atoms with Gasteiger partial charge in [-0.3, -0.25) is 9.88 Å². The molecule has 0 unspecified atom stereocenters. The maximum Gasteiger partial charge on any atom is 0.324 e. The minimum atomic E-state index is 0.0352. The Bertz CT molecular complexity index is 312. The van der Waals surface area contributed by atoms with Gasteiger partial charge in [-0.1, -0.05) is 0 Å². The number of anilines is 1. The van der Waals surface area contributed by atoms with Crippen LogP contribution in [-0.4, -0.2) is 36.1 Å². The number of nitrogens with zero attached hydrogens (tertiary/aromatic N) is 3. The van der Waals surface area contributed by atoms with E-state index in [1.54, 1.807) is 29.1 Å².